The van der Waals surface area contributed by atoms with Crippen molar-refractivity contribution in [3.63, 3.8) is 0 Å². The lowest BCUT2D eigenvalue weighted by atomic mass is 9.79. The predicted molar refractivity (Wildman–Crippen MR) is 102 cm³/mol. The Morgan fingerprint density at radius 2 is 1.92 bits per heavy atom. The predicted octanol–water partition coefficient (Wildman–Crippen LogP) is 2.46. The summed E-state index contributed by atoms with van der Waals surface area (Å²) in [5.74, 6) is -0.205. The van der Waals surface area contributed by atoms with Crippen molar-refractivity contribution in [2.45, 2.75) is 19.8 Å². The maximum absolute atomic E-state index is 12.7. The summed E-state index contributed by atoms with van der Waals surface area (Å²) in [6.07, 6.45) is 1.25. The van der Waals surface area contributed by atoms with Gasteiger partial charge in [0.15, 0.2) is 5.13 Å². The molecule has 1 aliphatic heterocycles. The first-order valence-corrected chi connectivity index (χ1v) is 9.33. The highest BCUT2D eigenvalue weighted by Crippen LogP contribution is 2.32. The van der Waals surface area contributed by atoms with Crippen LogP contribution in [0.1, 0.15) is 19.8 Å². The number of rotatable bonds is 5. The number of thiazole rings is 1. The lowest BCUT2D eigenvalue weighted by Gasteiger charge is -2.34. The van der Waals surface area contributed by atoms with Crippen LogP contribution in [0.5, 0.6) is 0 Å². The van der Waals surface area contributed by atoms with Gasteiger partial charge < -0.3 is 21.1 Å². The maximum Gasteiger partial charge on any atom is 0.233 e. The highest BCUT2D eigenvalue weighted by atomic mass is 32.1. The van der Waals surface area contributed by atoms with Gasteiger partial charge in [-0.3, -0.25) is 9.59 Å². The molecular formula is C18H22N4O3S. The number of amides is 2. The molecule has 26 heavy (non-hydrogen) atoms. The third-order valence-corrected chi connectivity index (χ3v) is 5.31. The first kappa shape index (κ1) is 18.5. The van der Waals surface area contributed by atoms with Crippen LogP contribution >= 0.6 is 11.3 Å². The molecule has 0 aliphatic carbocycles. The number of anilines is 2. The van der Waals surface area contributed by atoms with Crippen LogP contribution in [0.2, 0.25) is 0 Å². The van der Waals surface area contributed by atoms with Gasteiger partial charge in [-0.25, -0.2) is 4.98 Å². The number of nitrogens with zero attached hydrogens (tertiary/aromatic N) is 1. The van der Waals surface area contributed by atoms with Crippen LogP contribution in [0.25, 0.3) is 11.3 Å². The second kappa shape index (κ2) is 7.94. The second-order valence-corrected chi connectivity index (χ2v) is 7.21. The molecular weight excluding hydrogens is 352 g/mol. The van der Waals surface area contributed by atoms with E-state index in [1.807, 2.05) is 29.6 Å². The number of nitrogens with two attached hydrogens (primary N) is 1. The number of carbonyl (C=O) groups is 2. The van der Waals surface area contributed by atoms with E-state index in [2.05, 4.69) is 15.6 Å². The lowest BCUT2D eigenvalue weighted by molar-refractivity contribution is -0.130. The summed E-state index contributed by atoms with van der Waals surface area (Å²) < 4.78 is 5.35. The van der Waals surface area contributed by atoms with Crippen molar-refractivity contribution < 1.29 is 14.3 Å². The largest absolute Gasteiger partial charge is 0.381 e. The zero-order valence-electron chi connectivity index (χ0n) is 14.6. The Labute approximate surface area is 156 Å². The highest BCUT2D eigenvalue weighted by Gasteiger charge is 2.39. The number of ether oxygens (including phenoxy) is 1. The van der Waals surface area contributed by atoms with Crippen LogP contribution < -0.4 is 16.4 Å². The van der Waals surface area contributed by atoms with Gasteiger partial charge in [0.2, 0.25) is 11.8 Å². The van der Waals surface area contributed by atoms with Gasteiger partial charge in [0.25, 0.3) is 0 Å². The number of aromatic nitrogens is 1. The molecule has 1 aromatic heterocycles. The number of hydrogen-bond acceptors (Lipinski definition) is 6. The second-order valence-electron chi connectivity index (χ2n) is 6.35. The maximum atomic E-state index is 12.7. The minimum atomic E-state index is -0.579. The molecule has 0 saturated carbocycles. The van der Waals surface area contributed by atoms with Crippen molar-refractivity contribution in [1.82, 2.24) is 4.98 Å². The van der Waals surface area contributed by atoms with Crippen LogP contribution in [0.3, 0.4) is 0 Å². The molecule has 4 N–H and O–H groups in total. The molecule has 3 rings (SSSR count). The van der Waals surface area contributed by atoms with Crippen LogP contribution in [-0.2, 0) is 14.3 Å². The normalized spacial score (nSPS) is 16.1. The Bertz CT molecular complexity index is 782. The first-order chi connectivity index (χ1) is 12.5. The van der Waals surface area contributed by atoms with E-state index < -0.39 is 5.41 Å². The third kappa shape index (κ3) is 4.09. The summed E-state index contributed by atoms with van der Waals surface area (Å²) in [4.78, 5) is 28.3. The first-order valence-electron chi connectivity index (χ1n) is 8.45. The van der Waals surface area contributed by atoms with E-state index in [-0.39, 0.29) is 11.8 Å². The van der Waals surface area contributed by atoms with Crippen molar-refractivity contribution in [2.24, 2.45) is 11.1 Å². The van der Waals surface area contributed by atoms with Gasteiger partial charge in [-0.1, -0.05) is 12.1 Å². The smallest absolute Gasteiger partial charge is 0.233 e. The molecule has 0 spiro atoms. The van der Waals surface area contributed by atoms with E-state index in [9.17, 15) is 9.59 Å². The molecule has 138 valence electrons. The van der Waals surface area contributed by atoms with Crippen molar-refractivity contribution in [1.29, 1.82) is 0 Å². The van der Waals surface area contributed by atoms with E-state index >= 15 is 0 Å². The van der Waals surface area contributed by atoms with Crippen LogP contribution in [0.4, 0.5) is 10.8 Å². The Balaban J connectivity index is 1.69. The van der Waals surface area contributed by atoms with Crippen LogP contribution in [0.15, 0.2) is 29.6 Å². The van der Waals surface area contributed by atoms with Gasteiger partial charge in [0.1, 0.15) is 0 Å². The van der Waals surface area contributed by atoms with Gasteiger partial charge in [-0.2, -0.15) is 0 Å². The molecule has 8 heteroatoms. The average Bonchev–Trinajstić information content (AvgIpc) is 3.11. The van der Waals surface area contributed by atoms with Gasteiger partial charge in [0, 0.05) is 43.3 Å². The molecule has 2 amide bonds. The molecule has 0 bridgehead atoms. The average molecular weight is 374 g/mol. The molecule has 7 nitrogen and oxygen atoms in total. The van der Waals surface area contributed by atoms with Gasteiger partial charge in [-0.05, 0) is 25.0 Å². The summed E-state index contributed by atoms with van der Waals surface area (Å²) >= 11 is 1.38. The summed E-state index contributed by atoms with van der Waals surface area (Å²) in [7, 11) is 0. The minimum absolute atomic E-state index is 0.0924. The summed E-state index contributed by atoms with van der Waals surface area (Å²) in [5, 5.41) is 8.08. The Morgan fingerprint density at radius 1 is 1.23 bits per heavy atom. The molecule has 0 unspecified atom stereocenters. The molecule has 1 aromatic carbocycles. The fraction of sp³-hybridized carbons (Fsp3) is 0.389. The third-order valence-electron chi connectivity index (χ3n) is 4.55. The zero-order valence-corrected chi connectivity index (χ0v) is 15.4. The summed E-state index contributed by atoms with van der Waals surface area (Å²) in [5.41, 5.74) is 7.71. The number of carbonyl (C=O) groups excluding carboxylic acids is 2. The zero-order chi connectivity index (χ0) is 18.6. The van der Waals surface area contributed by atoms with Gasteiger partial charge in [0.05, 0.1) is 11.1 Å². The molecule has 1 fully saturated rings. The van der Waals surface area contributed by atoms with Crippen LogP contribution in [-0.4, -0.2) is 36.6 Å². The van der Waals surface area contributed by atoms with Crippen molar-refractivity contribution in [2.75, 3.05) is 30.4 Å². The minimum Gasteiger partial charge on any atom is -0.381 e. The summed E-state index contributed by atoms with van der Waals surface area (Å²) in [6.45, 7) is 2.86. The molecule has 0 radical (unpaired) electrons. The number of nitrogens with one attached hydrogen (secondary N) is 2. The van der Waals surface area contributed by atoms with Gasteiger partial charge >= 0.3 is 0 Å². The standard InChI is InChI=1S/C18H22N4O3S/c1-12(23)20-14-4-2-13(3-5-14)15-10-26-17(21-15)22-16(24)18(11-19)6-8-25-9-7-18/h2-5,10H,6-9,11,19H2,1H3,(H,20,23)(H,21,22,24). The van der Waals surface area contributed by atoms with Crippen molar-refractivity contribution in [3.05, 3.63) is 29.6 Å². The SMILES string of the molecule is CC(=O)Nc1ccc(-c2csc(NC(=O)C3(CN)CCOCC3)n2)cc1. The number of hydrogen-bond donors (Lipinski definition) is 3. The molecule has 0 atom stereocenters. The molecule has 1 aliphatic rings. The summed E-state index contributed by atoms with van der Waals surface area (Å²) in [6, 6.07) is 7.40. The molecule has 2 heterocycles. The van der Waals surface area contributed by atoms with E-state index in [1.165, 1.54) is 18.3 Å². The fourth-order valence-electron chi connectivity index (χ4n) is 2.91. The Kier molecular flexibility index (Phi) is 5.65. The highest BCUT2D eigenvalue weighted by molar-refractivity contribution is 7.14. The Hall–Kier alpha value is -2.29. The van der Waals surface area contributed by atoms with E-state index in [1.54, 1.807) is 0 Å². The number of benzene rings is 1. The lowest BCUT2D eigenvalue weighted by Crippen LogP contribution is -2.46. The van der Waals surface area contributed by atoms with Crippen molar-refractivity contribution in [3.8, 4) is 11.3 Å². The van der Waals surface area contributed by atoms with Crippen LogP contribution in [0, 0.1) is 5.41 Å². The van der Waals surface area contributed by atoms with Gasteiger partial charge in [-0.15, -0.1) is 11.3 Å². The van der Waals surface area contributed by atoms with Crippen molar-refractivity contribution >= 4 is 34.0 Å². The van der Waals surface area contributed by atoms with E-state index in [0.717, 1.165) is 16.9 Å². The quantitative estimate of drug-likeness (QED) is 0.745. The monoisotopic (exact) mass is 374 g/mol. The van der Waals surface area contributed by atoms with E-state index in [4.69, 9.17) is 10.5 Å². The molecule has 2 aromatic rings. The fourth-order valence-corrected chi connectivity index (χ4v) is 3.62. The van der Waals surface area contributed by atoms with E-state index in [0.29, 0.717) is 37.7 Å². The Morgan fingerprint density at radius 3 is 2.54 bits per heavy atom. The topological polar surface area (TPSA) is 106 Å². The molecule has 1 saturated heterocycles.